The minimum atomic E-state index is -0.342. The number of rotatable bonds is 4. The Hall–Kier alpha value is -2.11. The molecule has 5 nitrogen and oxygen atoms in total. The van der Waals surface area contributed by atoms with E-state index in [1.54, 1.807) is 4.90 Å². The van der Waals surface area contributed by atoms with Crippen molar-refractivity contribution < 1.29 is 18.7 Å². The van der Waals surface area contributed by atoms with Crippen LogP contribution in [-0.4, -0.2) is 54.4 Å². The highest BCUT2D eigenvalue weighted by Crippen LogP contribution is 2.12. The predicted molar refractivity (Wildman–Crippen MR) is 84.5 cm³/mol. The van der Waals surface area contributed by atoms with E-state index in [1.165, 1.54) is 24.3 Å². The van der Waals surface area contributed by atoms with Gasteiger partial charge >= 0.3 is 0 Å². The summed E-state index contributed by atoms with van der Waals surface area (Å²) < 4.78 is 18.2. The Bertz CT molecular complexity index is 545. The molecule has 1 heterocycles. The van der Waals surface area contributed by atoms with Gasteiger partial charge in [-0.3, -0.25) is 9.59 Å². The molecule has 0 aromatic heterocycles. The second-order valence-electron chi connectivity index (χ2n) is 5.96. The van der Waals surface area contributed by atoms with Gasteiger partial charge < -0.3 is 14.5 Å². The molecule has 1 aliphatic rings. The normalized spacial score (nSPS) is 15.5. The summed E-state index contributed by atoms with van der Waals surface area (Å²) in [5.41, 5.74) is 0. The van der Waals surface area contributed by atoms with Crippen molar-refractivity contribution in [3.63, 3.8) is 0 Å². The van der Waals surface area contributed by atoms with Gasteiger partial charge in [0.15, 0.2) is 6.61 Å². The third-order valence-corrected chi connectivity index (χ3v) is 3.83. The van der Waals surface area contributed by atoms with Crippen LogP contribution in [0.5, 0.6) is 5.75 Å². The van der Waals surface area contributed by atoms with Crippen molar-refractivity contribution >= 4 is 11.8 Å². The number of hydrogen-bond donors (Lipinski definition) is 0. The molecular formula is C17H23FN2O3. The van der Waals surface area contributed by atoms with E-state index in [-0.39, 0.29) is 30.2 Å². The Morgan fingerprint density at radius 2 is 1.70 bits per heavy atom. The van der Waals surface area contributed by atoms with Crippen molar-refractivity contribution in [2.75, 3.05) is 32.8 Å². The van der Waals surface area contributed by atoms with Crippen LogP contribution in [0.2, 0.25) is 0 Å². The Balaban J connectivity index is 1.83. The third-order valence-electron chi connectivity index (χ3n) is 3.83. The smallest absolute Gasteiger partial charge is 0.260 e. The Labute approximate surface area is 136 Å². The topological polar surface area (TPSA) is 49.9 Å². The largest absolute Gasteiger partial charge is 0.484 e. The number of ether oxygens (including phenoxy) is 1. The van der Waals surface area contributed by atoms with Crippen LogP contribution in [0.3, 0.4) is 0 Å². The number of carbonyl (C=O) groups excluding carboxylic acids is 2. The van der Waals surface area contributed by atoms with Crippen molar-refractivity contribution in [2.24, 2.45) is 5.92 Å². The van der Waals surface area contributed by atoms with Crippen molar-refractivity contribution in [3.8, 4) is 5.75 Å². The first-order chi connectivity index (χ1) is 11.0. The number of nitrogens with zero attached hydrogens (tertiary/aromatic N) is 2. The molecule has 1 saturated heterocycles. The van der Waals surface area contributed by atoms with Gasteiger partial charge in [0.1, 0.15) is 11.6 Å². The average Bonchev–Trinajstić information content (AvgIpc) is 2.79. The molecule has 1 fully saturated rings. The van der Waals surface area contributed by atoms with E-state index in [4.69, 9.17) is 4.74 Å². The van der Waals surface area contributed by atoms with Crippen LogP contribution in [0, 0.1) is 11.7 Å². The van der Waals surface area contributed by atoms with Crippen LogP contribution < -0.4 is 4.74 Å². The minimum absolute atomic E-state index is 0.0286. The van der Waals surface area contributed by atoms with Gasteiger partial charge in [0.2, 0.25) is 5.91 Å². The second kappa shape index (κ2) is 7.94. The van der Waals surface area contributed by atoms with E-state index in [0.29, 0.717) is 31.9 Å². The van der Waals surface area contributed by atoms with Gasteiger partial charge in [0.25, 0.3) is 5.91 Å². The summed E-state index contributed by atoms with van der Waals surface area (Å²) in [5, 5.41) is 0. The summed E-state index contributed by atoms with van der Waals surface area (Å²) in [6.45, 7) is 6.06. The number of halogens is 1. The van der Waals surface area contributed by atoms with Crippen LogP contribution in [0.15, 0.2) is 24.3 Å². The van der Waals surface area contributed by atoms with Gasteiger partial charge in [-0.2, -0.15) is 0 Å². The lowest BCUT2D eigenvalue weighted by atomic mass is 10.2. The first-order valence-electron chi connectivity index (χ1n) is 7.92. The fourth-order valence-corrected chi connectivity index (χ4v) is 2.52. The third kappa shape index (κ3) is 4.94. The van der Waals surface area contributed by atoms with Crippen LogP contribution >= 0.6 is 0 Å². The lowest BCUT2D eigenvalue weighted by Gasteiger charge is -2.23. The van der Waals surface area contributed by atoms with E-state index < -0.39 is 0 Å². The quantitative estimate of drug-likeness (QED) is 0.851. The molecule has 0 aliphatic carbocycles. The predicted octanol–water partition coefficient (Wildman–Crippen LogP) is 1.92. The zero-order chi connectivity index (χ0) is 16.8. The summed E-state index contributed by atoms with van der Waals surface area (Å²) >= 11 is 0. The summed E-state index contributed by atoms with van der Waals surface area (Å²) in [4.78, 5) is 27.8. The summed E-state index contributed by atoms with van der Waals surface area (Å²) in [7, 11) is 0. The molecule has 1 aromatic carbocycles. The average molecular weight is 322 g/mol. The monoisotopic (exact) mass is 322 g/mol. The van der Waals surface area contributed by atoms with E-state index in [2.05, 4.69) is 0 Å². The van der Waals surface area contributed by atoms with E-state index >= 15 is 0 Å². The molecule has 0 radical (unpaired) electrons. The molecule has 0 bridgehead atoms. The van der Waals surface area contributed by atoms with Gasteiger partial charge in [0, 0.05) is 32.1 Å². The molecule has 0 saturated carbocycles. The molecule has 0 N–H and O–H groups in total. The minimum Gasteiger partial charge on any atom is -0.484 e. The standard InChI is InChI=1S/C17H23FN2O3/c1-13(2)17(22)20-9-3-8-19(10-11-20)16(21)12-23-15-6-4-14(18)5-7-15/h4-7,13H,3,8-12H2,1-2H3. The highest BCUT2D eigenvalue weighted by atomic mass is 19.1. The Morgan fingerprint density at radius 3 is 2.35 bits per heavy atom. The first kappa shape index (κ1) is 17.2. The first-order valence-corrected chi connectivity index (χ1v) is 7.92. The second-order valence-corrected chi connectivity index (χ2v) is 5.96. The molecule has 126 valence electrons. The fourth-order valence-electron chi connectivity index (χ4n) is 2.52. The molecule has 2 amide bonds. The van der Waals surface area contributed by atoms with Crippen molar-refractivity contribution in [3.05, 3.63) is 30.1 Å². The van der Waals surface area contributed by atoms with E-state index in [9.17, 15) is 14.0 Å². The van der Waals surface area contributed by atoms with Crippen LogP contribution in [0.25, 0.3) is 0 Å². The van der Waals surface area contributed by atoms with Crippen molar-refractivity contribution in [1.82, 2.24) is 9.80 Å². The van der Waals surface area contributed by atoms with Crippen LogP contribution in [0.1, 0.15) is 20.3 Å². The summed E-state index contributed by atoms with van der Waals surface area (Å²) in [6.07, 6.45) is 0.765. The van der Waals surface area contributed by atoms with Gasteiger partial charge in [0.05, 0.1) is 0 Å². The van der Waals surface area contributed by atoms with Gasteiger partial charge in [-0.15, -0.1) is 0 Å². The van der Waals surface area contributed by atoms with Crippen molar-refractivity contribution in [2.45, 2.75) is 20.3 Å². The summed E-state index contributed by atoms with van der Waals surface area (Å²) in [6, 6.07) is 5.57. The van der Waals surface area contributed by atoms with Gasteiger partial charge in [-0.25, -0.2) is 4.39 Å². The molecule has 0 spiro atoms. The molecule has 6 heteroatoms. The van der Waals surface area contributed by atoms with E-state index in [0.717, 1.165) is 6.42 Å². The molecule has 2 rings (SSSR count). The molecule has 23 heavy (non-hydrogen) atoms. The number of carbonyl (C=O) groups is 2. The fraction of sp³-hybridized carbons (Fsp3) is 0.529. The maximum Gasteiger partial charge on any atom is 0.260 e. The van der Waals surface area contributed by atoms with Crippen LogP contribution in [-0.2, 0) is 9.59 Å². The summed E-state index contributed by atoms with van der Waals surface area (Å²) in [5.74, 6) is 0.103. The maximum atomic E-state index is 12.8. The SMILES string of the molecule is CC(C)C(=O)N1CCCN(C(=O)COc2ccc(F)cc2)CC1. The maximum absolute atomic E-state index is 12.8. The van der Waals surface area contributed by atoms with Gasteiger partial charge in [-0.05, 0) is 30.7 Å². The zero-order valence-electron chi connectivity index (χ0n) is 13.6. The van der Waals surface area contributed by atoms with Crippen LogP contribution in [0.4, 0.5) is 4.39 Å². The molecule has 1 aromatic rings. The number of benzene rings is 1. The highest BCUT2D eigenvalue weighted by Gasteiger charge is 2.23. The van der Waals surface area contributed by atoms with E-state index in [1.807, 2.05) is 18.7 Å². The number of hydrogen-bond acceptors (Lipinski definition) is 3. The molecule has 0 atom stereocenters. The lowest BCUT2D eigenvalue weighted by molar-refractivity contribution is -0.136. The number of amides is 2. The Morgan fingerprint density at radius 1 is 1.09 bits per heavy atom. The van der Waals surface area contributed by atoms with Crippen molar-refractivity contribution in [1.29, 1.82) is 0 Å². The molecule has 1 aliphatic heterocycles. The zero-order valence-corrected chi connectivity index (χ0v) is 13.6. The lowest BCUT2D eigenvalue weighted by Crippen LogP contribution is -2.40. The van der Waals surface area contributed by atoms with Gasteiger partial charge in [-0.1, -0.05) is 13.8 Å². The molecule has 0 unspecified atom stereocenters. The Kier molecular flexibility index (Phi) is 5.96. The molecular weight excluding hydrogens is 299 g/mol. The highest BCUT2D eigenvalue weighted by molar-refractivity contribution is 5.79.